The zero-order valence-electron chi connectivity index (χ0n) is 7.72. The molecule has 0 bridgehead atoms. The van der Waals surface area contributed by atoms with Crippen LogP contribution in [0.1, 0.15) is 22.8 Å². The molecule has 0 aromatic heterocycles. The smallest absolute Gasteiger partial charge is 0.288 e. The van der Waals surface area contributed by atoms with Crippen LogP contribution in [0.25, 0.3) is 0 Å². The number of phenols is 1. The van der Waals surface area contributed by atoms with E-state index in [4.69, 9.17) is 5.26 Å². The summed E-state index contributed by atoms with van der Waals surface area (Å²) < 4.78 is 0. The lowest BCUT2D eigenvalue weighted by atomic mass is 10.0. The highest BCUT2D eigenvalue weighted by molar-refractivity contribution is 6.00. The summed E-state index contributed by atoms with van der Waals surface area (Å²) in [6, 6.07) is 3.56. The molecule has 0 aliphatic heterocycles. The third kappa shape index (κ3) is 1.76. The first kappa shape index (κ1) is 10.7. The minimum absolute atomic E-state index is 0.313. The average molecular weight is 206 g/mol. The molecule has 0 fully saturated rings. The van der Waals surface area contributed by atoms with Crippen LogP contribution in [0.3, 0.4) is 0 Å². The zero-order valence-corrected chi connectivity index (χ0v) is 7.72. The fourth-order valence-electron chi connectivity index (χ4n) is 1.20. The lowest BCUT2D eigenvalue weighted by molar-refractivity contribution is -0.385. The van der Waals surface area contributed by atoms with Crippen LogP contribution in [0.15, 0.2) is 12.1 Å². The highest BCUT2D eigenvalue weighted by atomic mass is 16.6. The molecule has 1 rings (SSSR count). The molecule has 0 radical (unpaired) electrons. The molecule has 1 N–H and O–H groups in total. The maximum atomic E-state index is 11.1. The number of aromatic hydroxyl groups is 1. The number of benzene rings is 1. The normalized spacial score (nSPS) is 9.33. The van der Waals surface area contributed by atoms with Crippen LogP contribution in [-0.2, 0) is 0 Å². The molecule has 6 nitrogen and oxygen atoms in total. The van der Waals surface area contributed by atoms with Gasteiger partial charge in [0, 0.05) is 6.07 Å². The first-order valence-electron chi connectivity index (χ1n) is 3.90. The van der Waals surface area contributed by atoms with Gasteiger partial charge in [-0.15, -0.1) is 0 Å². The van der Waals surface area contributed by atoms with Crippen molar-refractivity contribution in [1.82, 2.24) is 0 Å². The number of rotatable bonds is 2. The molecule has 1 aromatic carbocycles. The number of nitriles is 1. The van der Waals surface area contributed by atoms with E-state index in [1.165, 1.54) is 0 Å². The molecule has 0 spiro atoms. The molecular weight excluding hydrogens is 200 g/mol. The van der Waals surface area contributed by atoms with Crippen LogP contribution in [0, 0.1) is 21.4 Å². The Kier molecular flexibility index (Phi) is 2.67. The van der Waals surface area contributed by atoms with Crippen molar-refractivity contribution in [1.29, 1.82) is 5.26 Å². The third-order valence-corrected chi connectivity index (χ3v) is 1.82. The molecule has 76 valence electrons. The number of nitro groups is 1. The van der Waals surface area contributed by atoms with Crippen molar-refractivity contribution in [2.24, 2.45) is 0 Å². The van der Waals surface area contributed by atoms with Gasteiger partial charge >= 0.3 is 0 Å². The first-order chi connectivity index (χ1) is 6.99. The van der Waals surface area contributed by atoms with Gasteiger partial charge in [0.1, 0.15) is 17.4 Å². The minimum Gasteiger partial charge on any atom is -0.507 e. The lowest BCUT2D eigenvalue weighted by Crippen LogP contribution is -2.01. The van der Waals surface area contributed by atoms with Crippen LogP contribution >= 0.6 is 0 Å². The number of nitrogens with zero attached hydrogens (tertiary/aromatic N) is 2. The molecule has 0 amide bonds. The summed E-state index contributed by atoms with van der Waals surface area (Å²) in [5.74, 6) is -1.02. The molecular formula is C9H6N2O4. The monoisotopic (exact) mass is 206 g/mol. The summed E-state index contributed by atoms with van der Waals surface area (Å²) in [5.41, 5.74) is -1.21. The van der Waals surface area contributed by atoms with E-state index in [0.29, 0.717) is 0 Å². The Hall–Kier alpha value is -2.42. The van der Waals surface area contributed by atoms with E-state index in [9.17, 15) is 20.0 Å². The quantitative estimate of drug-likeness (QED) is 0.447. The summed E-state index contributed by atoms with van der Waals surface area (Å²) >= 11 is 0. The van der Waals surface area contributed by atoms with Gasteiger partial charge in [-0.2, -0.15) is 5.26 Å². The Balaban J connectivity index is 3.64. The number of hydrogen-bond donors (Lipinski definition) is 1. The van der Waals surface area contributed by atoms with Crippen molar-refractivity contribution in [3.63, 3.8) is 0 Å². The molecule has 0 saturated carbocycles. The van der Waals surface area contributed by atoms with Gasteiger partial charge < -0.3 is 5.11 Å². The fourth-order valence-corrected chi connectivity index (χ4v) is 1.20. The molecule has 0 aliphatic carbocycles. The highest BCUT2D eigenvalue weighted by Crippen LogP contribution is 2.29. The number of carbonyl (C=O) groups is 1. The van der Waals surface area contributed by atoms with Gasteiger partial charge in [-0.25, -0.2) is 0 Å². The lowest BCUT2D eigenvalue weighted by Gasteiger charge is -2.02. The maximum Gasteiger partial charge on any atom is 0.288 e. The average Bonchev–Trinajstić information content (AvgIpc) is 2.15. The van der Waals surface area contributed by atoms with Crippen LogP contribution in [0.4, 0.5) is 5.69 Å². The van der Waals surface area contributed by atoms with Crippen LogP contribution in [0.5, 0.6) is 5.75 Å². The highest BCUT2D eigenvalue weighted by Gasteiger charge is 2.23. The Morgan fingerprint density at radius 3 is 2.60 bits per heavy atom. The summed E-state index contributed by atoms with van der Waals surface area (Å²) in [5, 5.41) is 28.5. The summed E-state index contributed by atoms with van der Waals surface area (Å²) in [6.45, 7) is 1.12. The summed E-state index contributed by atoms with van der Waals surface area (Å²) in [4.78, 5) is 20.8. The molecule has 15 heavy (non-hydrogen) atoms. The van der Waals surface area contributed by atoms with Gasteiger partial charge in [0.2, 0.25) is 0 Å². The van der Waals surface area contributed by atoms with Crippen molar-refractivity contribution >= 4 is 11.5 Å². The maximum absolute atomic E-state index is 11.1. The number of carbonyl (C=O) groups excluding carboxylic acids is 1. The third-order valence-electron chi connectivity index (χ3n) is 1.82. The Morgan fingerprint density at radius 1 is 1.60 bits per heavy atom. The second-order valence-corrected chi connectivity index (χ2v) is 2.78. The number of phenolic OH excluding ortho intramolecular Hbond substituents is 1. The largest absolute Gasteiger partial charge is 0.507 e. The number of Topliss-reactive ketones (excluding diaryl/α,β-unsaturated/α-hetero) is 1. The molecule has 1 aromatic rings. The van der Waals surface area contributed by atoms with E-state index < -0.39 is 27.7 Å². The standard InChI is InChI=1S/C9H6N2O4/c1-5(12)9-6(4-10)7(11(14)15)2-3-8(9)13/h2-3,13H,1H3. The SMILES string of the molecule is CC(=O)c1c(O)ccc([N+](=O)[O-])c1C#N. The van der Waals surface area contributed by atoms with Crippen molar-refractivity contribution in [3.8, 4) is 11.8 Å². The first-order valence-corrected chi connectivity index (χ1v) is 3.90. The number of nitro benzene ring substituents is 1. The van der Waals surface area contributed by atoms with Crippen molar-refractivity contribution < 1.29 is 14.8 Å². The zero-order chi connectivity index (χ0) is 11.6. The van der Waals surface area contributed by atoms with E-state index in [2.05, 4.69) is 0 Å². The van der Waals surface area contributed by atoms with Gasteiger partial charge in [0.25, 0.3) is 5.69 Å². The van der Waals surface area contributed by atoms with Gasteiger partial charge in [-0.1, -0.05) is 0 Å². The van der Waals surface area contributed by atoms with Gasteiger partial charge in [-0.05, 0) is 13.0 Å². The fraction of sp³-hybridized carbons (Fsp3) is 0.111. The van der Waals surface area contributed by atoms with Gasteiger partial charge in [0.05, 0.1) is 10.5 Å². The molecule has 6 heteroatoms. The van der Waals surface area contributed by atoms with Crippen LogP contribution in [-0.4, -0.2) is 15.8 Å². The van der Waals surface area contributed by atoms with Crippen molar-refractivity contribution in [2.75, 3.05) is 0 Å². The van der Waals surface area contributed by atoms with Gasteiger partial charge in [0.15, 0.2) is 5.78 Å². The Bertz CT molecular complexity index is 488. The Labute approximate surface area is 84.5 Å². The van der Waals surface area contributed by atoms with Crippen molar-refractivity contribution in [2.45, 2.75) is 6.92 Å². The van der Waals surface area contributed by atoms with Crippen molar-refractivity contribution in [3.05, 3.63) is 33.4 Å². The predicted octanol–water partition coefficient (Wildman–Crippen LogP) is 1.37. The molecule has 0 unspecified atom stereocenters. The second-order valence-electron chi connectivity index (χ2n) is 2.78. The molecule has 0 heterocycles. The van der Waals surface area contributed by atoms with Crippen LogP contribution in [0.2, 0.25) is 0 Å². The van der Waals surface area contributed by atoms with E-state index in [1.54, 1.807) is 6.07 Å². The number of hydrogen-bond acceptors (Lipinski definition) is 5. The molecule has 0 saturated heterocycles. The Morgan fingerprint density at radius 2 is 2.20 bits per heavy atom. The topological polar surface area (TPSA) is 104 Å². The predicted molar refractivity (Wildman–Crippen MR) is 49.5 cm³/mol. The van der Waals surface area contributed by atoms with Gasteiger partial charge in [-0.3, -0.25) is 14.9 Å². The van der Waals surface area contributed by atoms with E-state index in [1.807, 2.05) is 0 Å². The number of ketones is 1. The minimum atomic E-state index is -0.773. The van der Waals surface area contributed by atoms with E-state index in [0.717, 1.165) is 19.1 Å². The van der Waals surface area contributed by atoms with E-state index >= 15 is 0 Å². The summed E-state index contributed by atoms with van der Waals surface area (Å²) in [6.07, 6.45) is 0. The molecule has 0 atom stereocenters. The van der Waals surface area contributed by atoms with E-state index in [-0.39, 0.29) is 5.56 Å². The second kappa shape index (κ2) is 3.75. The van der Waals surface area contributed by atoms with Crippen LogP contribution < -0.4 is 0 Å². The molecule has 0 aliphatic rings. The summed E-state index contributed by atoms with van der Waals surface area (Å²) in [7, 11) is 0.